The van der Waals surface area contributed by atoms with Gasteiger partial charge in [0.15, 0.2) is 0 Å². The van der Waals surface area contributed by atoms with Crippen molar-refractivity contribution in [3.63, 3.8) is 0 Å². The average molecular weight is 493 g/mol. The van der Waals surface area contributed by atoms with E-state index in [0.717, 1.165) is 22.4 Å². The highest BCUT2D eigenvalue weighted by Crippen LogP contribution is 2.41. The van der Waals surface area contributed by atoms with Crippen LogP contribution >= 0.6 is 11.8 Å². The molecular weight excluding hydrogens is 464 g/mol. The Morgan fingerprint density at radius 3 is 2.54 bits per heavy atom. The molecule has 0 unspecified atom stereocenters. The van der Waals surface area contributed by atoms with E-state index in [-0.39, 0.29) is 30.2 Å². The number of allylic oxidation sites excluding steroid dienone is 2. The maximum atomic E-state index is 13.2. The van der Waals surface area contributed by atoms with Crippen molar-refractivity contribution in [3.8, 4) is 5.75 Å². The first-order chi connectivity index (χ1) is 17.0. The normalized spacial score (nSPS) is 19.3. The number of carbonyl (C=O) groups excluding carboxylic acids is 3. The highest BCUT2D eigenvalue weighted by Gasteiger charge is 2.54. The first kappa shape index (κ1) is 24.6. The minimum atomic E-state index is -0.663. The van der Waals surface area contributed by atoms with Gasteiger partial charge in [0, 0.05) is 5.75 Å². The average Bonchev–Trinajstić information content (AvgIpc) is 2.89. The first-order valence-electron chi connectivity index (χ1n) is 11.4. The minimum Gasteiger partial charge on any atom is -0.497 e. The number of nitrogens with one attached hydrogen (secondary N) is 1. The summed E-state index contributed by atoms with van der Waals surface area (Å²) in [5.41, 5.74) is 2.82. The van der Waals surface area contributed by atoms with E-state index >= 15 is 0 Å². The van der Waals surface area contributed by atoms with E-state index in [2.05, 4.69) is 5.32 Å². The molecule has 0 bridgehead atoms. The van der Waals surface area contributed by atoms with E-state index < -0.39 is 12.0 Å². The Morgan fingerprint density at radius 1 is 1.11 bits per heavy atom. The van der Waals surface area contributed by atoms with Crippen LogP contribution in [0.5, 0.6) is 5.75 Å². The number of benzene rings is 2. The van der Waals surface area contributed by atoms with Crippen molar-refractivity contribution in [3.05, 3.63) is 89.1 Å². The maximum Gasteiger partial charge on any atom is 0.355 e. The summed E-state index contributed by atoms with van der Waals surface area (Å²) in [6, 6.07) is 16.0. The highest BCUT2D eigenvalue weighted by molar-refractivity contribution is 8.00. The summed E-state index contributed by atoms with van der Waals surface area (Å²) >= 11 is 1.55. The summed E-state index contributed by atoms with van der Waals surface area (Å²) in [5.74, 6) is 0.250. The number of rotatable bonds is 9. The van der Waals surface area contributed by atoms with Crippen molar-refractivity contribution in [1.82, 2.24) is 10.2 Å². The fourth-order valence-corrected chi connectivity index (χ4v) is 5.39. The summed E-state index contributed by atoms with van der Waals surface area (Å²) in [4.78, 5) is 40.3. The molecule has 1 N–H and O–H groups in total. The molecular formula is C27H28N2O5S. The zero-order chi connectivity index (χ0) is 24.8. The second-order valence-electron chi connectivity index (χ2n) is 8.27. The molecule has 2 atom stereocenters. The third kappa shape index (κ3) is 5.59. The lowest BCUT2D eigenvalue weighted by atomic mass is 10.0. The van der Waals surface area contributed by atoms with E-state index in [9.17, 15) is 14.4 Å². The number of hydrogen-bond donors (Lipinski definition) is 1. The van der Waals surface area contributed by atoms with Gasteiger partial charge in [0.2, 0.25) is 5.91 Å². The number of ether oxygens (including phenoxy) is 2. The molecule has 1 fully saturated rings. The summed E-state index contributed by atoms with van der Waals surface area (Å²) in [7, 11) is 1.59. The van der Waals surface area contributed by atoms with Crippen LogP contribution in [0.4, 0.5) is 0 Å². The number of methoxy groups -OCH3 is 1. The molecule has 0 radical (unpaired) electrons. The van der Waals surface area contributed by atoms with Crippen molar-refractivity contribution < 1.29 is 23.9 Å². The van der Waals surface area contributed by atoms with Crippen LogP contribution in [0.2, 0.25) is 0 Å². The number of fused-ring (bicyclic) bond motifs is 1. The molecule has 2 heterocycles. The molecule has 2 aliphatic rings. The van der Waals surface area contributed by atoms with Crippen LogP contribution in [-0.2, 0) is 32.1 Å². The summed E-state index contributed by atoms with van der Waals surface area (Å²) in [5, 5.41) is 2.52. The van der Waals surface area contributed by atoms with Crippen LogP contribution in [0.1, 0.15) is 24.5 Å². The largest absolute Gasteiger partial charge is 0.497 e. The van der Waals surface area contributed by atoms with Crippen molar-refractivity contribution in [1.29, 1.82) is 0 Å². The van der Waals surface area contributed by atoms with Crippen LogP contribution in [0.15, 0.2) is 78.0 Å². The molecule has 35 heavy (non-hydrogen) atoms. The lowest BCUT2D eigenvalue weighted by Gasteiger charge is -2.49. The van der Waals surface area contributed by atoms with Crippen molar-refractivity contribution in [2.75, 3.05) is 12.9 Å². The molecule has 8 heteroatoms. The molecule has 1 saturated heterocycles. The van der Waals surface area contributed by atoms with E-state index in [0.29, 0.717) is 17.9 Å². The number of hydrogen-bond acceptors (Lipinski definition) is 6. The Morgan fingerprint density at radius 2 is 1.86 bits per heavy atom. The predicted octanol–water partition coefficient (Wildman–Crippen LogP) is 3.60. The van der Waals surface area contributed by atoms with Gasteiger partial charge in [-0.05, 0) is 42.2 Å². The second-order valence-corrected chi connectivity index (χ2v) is 9.37. The molecule has 0 spiro atoms. The number of carbonyl (C=O) groups is 3. The molecule has 0 aliphatic carbocycles. The van der Waals surface area contributed by atoms with Crippen LogP contribution in [0.3, 0.4) is 0 Å². The standard InChI is InChI=1S/C27H28N2O5S/c1-3-4-10-20-17-35-26-23(28-22(30)15-18-8-6-5-7-9-18)25(31)29(26)24(20)27(32)34-16-19-11-13-21(33-2)14-12-19/h3-9,11-14,23,26H,10,15-17H2,1-2H3,(H,28,30)/b4-3+/t23-,26-/m1/s1. The van der Waals surface area contributed by atoms with Gasteiger partial charge < -0.3 is 14.8 Å². The van der Waals surface area contributed by atoms with Crippen LogP contribution in [-0.4, -0.2) is 47.0 Å². The summed E-state index contributed by atoms with van der Waals surface area (Å²) in [6.45, 7) is 1.99. The van der Waals surface area contributed by atoms with Gasteiger partial charge in [-0.15, -0.1) is 11.8 Å². The SMILES string of the molecule is C/C=C/CC1=C(C(=O)OCc2ccc(OC)cc2)N2C(=O)[C@@H](NC(=O)Cc3ccccc3)[C@H]2SC1. The van der Waals surface area contributed by atoms with E-state index in [4.69, 9.17) is 9.47 Å². The third-order valence-electron chi connectivity index (χ3n) is 5.89. The number of β-lactam (4-membered cyclic amide) rings is 1. The first-order valence-corrected chi connectivity index (χ1v) is 12.5. The topological polar surface area (TPSA) is 84.9 Å². The Kier molecular flexibility index (Phi) is 7.92. The lowest BCUT2D eigenvalue weighted by Crippen LogP contribution is -2.70. The number of nitrogens with zero attached hydrogens (tertiary/aromatic N) is 1. The van der Waals surface area contributed by atoms with E-state index in [1.165, 1.54) is 4.90 Å². The van der Waals surface area contributed by atoms with Gasteiger partial charge in [-0.25, -0.2) is 4.79 Å². The van der Waals surface area contributed by atoms with Crippen molar-refractivity contribution in [2.24, 2.45) is 0 Å². The van der Waals surface area contributed by atoms with Gasteiger partial charge in [-0.2, -0.15) is 0 Å². The number of amides is 2. The molecule has 7 nitrogen and oxygen atoms in total. The van der Waals surface area contributed by atoms with Gasteiger partial charge in [0.1, 0.15) is 29.5 Å². The van der Waals surface area contributed by atoms with Crippen LogP contribution < -0.4 is 10.1 Å². The predicted molar refractivity (Wildman–Crippen MR) is 134 cm³/mol. The Bertz CT molecular complexity index is 1140. The zero-order valence-electron chi connectivity index (χ0n) is 19.7. The van der Waals surface area contributed by atoms with E-state index in [1.807, 2.05) is 61.5 Å². The Hall–Kier alpha value is -3.52. The van der Waals surface area contributed by atoms with Gasteiger partial charge in [-0.1, -0.05) is 54.6 Å². The molecule has 0 saturated carbocycles. The van der Waals surface area contributed by atoms with Gasteiger partial charge >= 0.3 is 5.97 Å². The van der Waals surface area contributed by atoms with Crippen molar-refractivity contribution in [2.45, 2.75) is 37.8 Å². The van der Waals surface area contributed by atoms with E-state index in [1.54, 1.807) is 31.0 Å². The Labute approximate surface area is 209 Å². The summed E-state index contributed by atoms with van der Waals surface area (Å²) in [6.07, 6.45) is 4.62. The number of esters is 1. The second kappa shape index (κ2) is 11.3. The smallest absolute Gasteiger partial charge is 0.355 e. The van der Waals surface area contributed by atoms with Crippen LogP contribution in [0, 0.1) is 0 Å². The maximum absolute atomic E-state index is 13.2. The van der Waals surface area contributed by atoms with Gasteiger partial charge in [0.25, 0.3) is 5.91 Å². The molecule has 0 aromatic heterocycles. The highest BCUT2D eigenvalue weighted by atomic mass is 32.2. The molecule has 4 rings (SSSR count). The molecule has 2 aromatic rings. The van der Waals surface area contributed by atoms with Gasteiger partial charge in [-0.3, -0.25) is 14.5 Å². The fourth-order valence-electron chi connectivity index (χ4n) is 4.03. The Balaban J connectivity index is 1.45. The minimum absolute atomic E-state index is 0.0836. The molecule has 2 aliphatic heterocycles. The number of thioether (sulfide) groups is 1. The zero-order valence-corrected chi connectivity index (χ0v) is 20.5. The lowest BCUT2D eigenvalue weighted by molar-refractivity contribution is -0.153. The molecule has 182 valence electrons. The fraction of sp³-hybridized carbons (Fsp3) is 0.296. The monoisotopic (exact) mass is 492 g/mol. The molecule has 2 aromatic carbocycles. The third-order valence-corrected chi connectivity index (χ3v) is 7.23. The van der Waals surface area contributed by atoms with Gasteiger partial charge in [0.05, 0.1) is 13.5 Å². The molecule has 2 amide bonds. The quantitative estimate of drug-likeness (QED) is 0.327. The van der Waals surface area contributed by atoms with Crippen LogP contribution in [0.25, 0.3) is 0 Å². The summed E-state index contributed by atoms with van der Waals surface area (Å²) < 4.78 is 10.8. The van der Waals surface area contributed by atoms with Crippen molar-refractivity contribution >= 4 is 29.5 Å².